The summed E-state index contributed by atoms with van der Waals surface area (Å²) >= 11 is 0. The normalized spacial score (nSPS) is 12.5. The maximum absolute atomic E-state index is 13.1. The van der Waals surface area contributed by atoms with Gasteiger partial charge in [0.05, 0.1) is 5.69 Å². The number of hydrogen-bond acceptors (Lipinski definition) is 2. The van der Waals surface area contributed by atoms with Crippen LogP contribution in [0.1, 0.15) is 21.7 Å². The van der Waals surface area contributed by atoms with Crippen molar-refractivity contribution in [1.82, 2.24) is 9.78 Å². The molecule has 1 aromatic heterocycles. The van der Waals surface area contributed by atoms with Crippen molar-refractivity contribution < 1.29 is 36.2 Å². The predicted octanol–water partition coefficient (Wildman–Crippen LogP) is 3.61. The van der Waals surface area contributed by atoms with Gasteiger partial charge in [-0.15, -0.1) is 0 Å². The second-order valence-electron chi connectivity index (χ2n) is 4.12. The summed E-state index contributed by atoms with van der Waals surface area (Å²) in [6.45, 7) is 0. The van der Waals surface area contributed by atoms with Gasteiger partial charge >= 0.3 is 18.3 Å². The number of para-hydroxylation sites is 1. The molecule has 2 rings (SSSR count). The number of nitrogens with zero attached hydrogens (tertiary/aromatic N) is 2. The lowest BCUT2D eigenvalue weighted by atomic mass is 10.1. The van der Waals surface area contributed by atoms with Gasteiger partial charge in [0.2, 0.25) is 0 Å². The van der Waals surface area contributed by atoms with E-state index in [1.54, 1.807) is 0 Å². The van der Waals surface area contributed by atoms with Gasteiger partial charge in [0.1, 0.15) is 5.56 Å². The van der Waals surface area contributed by atoms with Crippen LogP contribution >= 0.6 is 0 Å². The summed E-state index contributed by atoms with van der Waals surface area (Å²) in [4.78, 5) is 10.9. The number of alkyl halides is 6. The Balaban J connectivity index is 2.88. The molecule has 0 aliphatic carbocycles. The maximum Gasteiger partial charge on any atom is 0.436 e. The number of aromatic carboxylic acids is 1. The van der Waals surface area contributed by atoms with Crippen molar-refractivity contribution in [3.05, 3.63) is 47.3 Å². The van der Waals surface area contributed by atoms with Gasteiger partial charge < -0.3 is 5.11 Å². The molecule has 0 saturated heterocycles. The summed E-state index contributed by atoms with van der Waals surface area (Å²) in [5.41, 5.74) is -6.36. The van der Waals surface area contributed by atoms with Crippen molar-refractivity contribution in [1.29, 1.82) is 0 Å². The molecular weight excluding hydrogens is 318 g/mol. The zero-order chi connectivity index (χ0) is 16.7. The zero-order valence-electron chi connectivity index (χ0n) is 10.4. The van der Waals surface area contributed by atoms with E-state index in [0.29, 0.717) is 0 Å². The van der Waals surface area contributed by atoms with Crippen LogP contribution in [0, 0.1) is 0 Å². The van der Waals surface area contributed by atoms with Gasteiger partial charge in [-0.1, -0.05) is 18.2 Å². The van der Waals surface area contributed by atoms with E-state index in [-0.39, 0.29) is 10.4 Å². The van der Waals surface area contributed by atoms with E-state index in [9.17, 15) is 31.1 Å². The van der Waals surface area contributed by atoms with Crippen LogP contribution in [-0.4, -0.2) is 20.9 Å². The average molecular weight is 324 g/mol. The van der Waals surface area contributed by atoms with Crippen LogP contribution in [0.25, 0.3) is 5.69 Å². The maximum atomic E-state index is 13.1. The van der Waals surface area contributed by atoms with E-state index >= 15 is 0 Å². The number of carbonyl (C=O) groups is 1. The summed E-state index contributed by atoms with van der Waals surface area (Å²) < 4.78 is 77.5. The molecule has 22 heavy (non-hydrogen) atoms. The molecule has 0 aliphatic rings. The highest BCUT2D eigenvalue weighted by molar-refractivity contribution is 5.91. The monoisotopic (exact) mass is 324 g/mol. The Kier molecular flexibility index (Phi) is 3.63. The van der Waals surface area contributed by atoms with Crippen molar-refractivity contribution in [3.63, 3.8) is 0 Å². The van der Waals surface area contributed by atoms with Crippen molar-refractivity contribution in [2.45, 2.75) is 12.4 Å². The number of benzene rings is 1. The summed E-state index contributed by atoms with van der Waals surface area (Å²) in [6, 6.07) is 6.15. The fourth-order valence-electron chi connectivity index (χ4n) is 1.84. The molecule has 2 aromatic rings. The van der Waals surface area contributed by atoms with Crippen LogP contribution in [0.5, 0.6) is 0 Å². The van der Waals surface area contributed by atoms with Crippen LogP contribution in [0.4, 0.5) is 26.3 Å². The van der Waals surface area contributed by atoms with Crippen LogP contribution in [0.15, 0.2) is 30.3 Å². The molecule has 0 unspecified atom stereocenters. The Labute approximate surface area is 118 Å². The SMILES string of the molecule is O=C(O)c1c(C(F)(F)F)nn(-c2ccccc2)c1C(F)(F)F. The molecule has 0 saturated carbocycles. The Morgan fingerprint density at radius 2 is 1.55 bits per heavy atom. The molecule has 4 nitrogen and oxygen atoms in total. The first-order valence-corrected chi connectivity index (χ1v) is 5.59. The molecule has 1 aromatic carbocycles. The van der Waals surface area contributed by atoms with Gasteiger partial charge in [0.25, 0.3) is 0 Å². The number of halogens is 6. The van der Waals surface area contributed by atoms with Crippen molar-refractivity contribution in [2.75, 3.05) is 0 Å². The summed E-state index contributed by atoms with van der Waals surface area (Å²) in [5.74, 6) is -2.36. The molecule has 0 radical (unpaired) electrons. The first-order valence-electron chi connectivity index (χ1n) is 5.59. The molecular formula is C12H6F6N2O2. The first-order chi connectivity index (χ1) is 10.0. The summed E-state index contributed by atoms with van der Waals surface area (Å²) in [5, 5.41) is 11.6. The highest BCUT2D eigenvalue weighted by Crippen LogP contribution is 2.40. The van der Waals surface area contributed by atoms with Gasteiger partial charge in [-0.25, -0.2) is 9.48 Å². The molecule has 0 fully saturated rings. The zero-order valence-corrected chi connectivity index (χ0v) is 10.4. The van der Waals surface area contributed by atoms with Crippen molar-refractivity contribution in [3.8, 4) is 5.69 Å². The molecule has 1 heterocycles. The minimum absolute atomic E-state index is 0.0632. The van der Waals surface area contributed by atoms with Gasteiger partial charge in [-0.05, 0) is 12.1 Å². The Hall–Kier alpha value is -2.52. The summed E-state index contributed by atoms with van der Waals surface area (Å²) in [6.07, 6.45) is -10.7. The highest BCUT2D eigenvalue weighted by atomic mass is 19.4. The molecule has 0 amide bonds. The largest absolute Gasteiger partial charge is 0.478 e. The smallest absolute Gasteiger partial charge is 0.436 e. The van der Waals surface area contributed by atoms with Gasteiger partial charge in [-0.3, -0.25) is 0 Å². The average Bonchev–Trinajstić information content (AvgIpc) is 2.80. The summed E-state index contributed by atoms with van der Waals surface area (Å²) in [7, 11) is 0. The van der Waals surface area contributed by atoms with E-state index in [0.717, 1.165) is 12.1 Å². The number of aromatic nitrogens is 2. The number of carboxylic acid groups (broad SMARTS) is 1. The topological polar surface area (TPSA) is 55.1 Å². The first kappa shape index (κ1) is 15.9. The molecule has 10 heteroatoms. The molecule has 0 atom stereocenters. The Bertz CT molecular complexity index is 703. The Morgan fingerprint density at radius 1 is 1.00 bits per heavy atom. The number of hydrogen-bond donors (Lipinski definition) is 1. The minimum atomic E-state index is -5.34. The molecule has 0 aliphatic heterocycles. The lowest BCUT2D eigenvalue weighted by Gasteiger charge is -2.11. The lowest BCUT2D eigenvalue weighted by molar-refractivity contribution is -0.144. The quantitative estimate of drug-likeness (QED) is 0.859. The third-order valence-corrected chi connectivity index (χ3v) is 2.64. The van der Waals surface area contributed by atoms with E-state index < -0.39 is 35.3 Å². The predicted molar refractivity (Wildman–Crippen MR) is 60.5 cm³/mol. The minimum Gasteiger partial charge on any atom is -0.478 e. The molecule has 0 spiro atoms. The number of carboxylic acids is 1. The highest BCUT2D eigenvalue weighted by Gasteiger charge is 2.49. The van der Waals surface area contributed by atoms with Crippen LogP contribution < -0.4 is 0 Å². The van der Waals surface area contributed by atoms with Gasteiger partial charge in [0, 0.05) is 0 Å². The molecule has 118 valence electrons. The van der Waals surface area contributed by atoms with Crippen LogP contribution in [0.2, 0.25) is 0 Å². The third-order valence-electron chi connectivity index (χ3n) is 2.64. The van der Waals surface area contributed by atoms with Gasteiger partial charge in [0.15, 0.2) is 11.4 Å². The van der Waals surface area contributed by atoms with Crippen LogP contribution in [0.3, 0.4) is 0 Å². The Morgan fingerprint density at radius 3 is 1.95 bits per heavy atom. The van der Waals surface area contributed by atoms with E-state index in [1.807, 2.05) is 0 Å². The number of rotatable bonds is 2. The third kappa shape index (κ3) is 2.76. The second kappa shape index (κ2) is 5.04. The van der Waals surface area contributed by atoms with E-state index in [2.05, 4.69) is 5.10 Å². The lowest BCUT2D eigenvalue weighted by Crippen LogP contribution is -2.18. The van der Waals surface area contributed by atoms with E-state index in [4.69, 9.17) is 5.11 Å². The van der Waals surface area contributed by atoms with Crippen molar-refractivity contribution >= 4 is 5.97 Å². The van der Waals surface area contributed by atoms with E-state index in [1.165, 1.54) is 18.2 Å². The standard InChI is InChI=1S/C12H6F6N2O2/c13-11(14,15)8-7(10(21)22)9(12(16,17)18)20(19-8)6-4-2-1-3-5-6/h1-5H,(H,21,22). The molecule has 1 N–H and O–H groups in total. The van der Waals surface area contributed by atoms with Crippen molar-refractivity contribution in [2.24, 2.45) is 0 Å². The van der Waals surface area contributed by atoms with Crippen LogP contribution in [-0.2, 0) is 12.4 Å². The second-order valence-corrected chi connectivity index (χ2v) is 4.12. The molecule has 0 bridgehead atoms. The fourth-order valence-corrected chi connectivity index (χ4v) is 1.84. The fraction of sp³-hybridized carbons (Fsp3) is 0.167. The van der Waals surface area contributed by atoms with Gasteiger partial charge in [-0.2, -0.15) is 31.4 Å².